The molecule has 0 N–H and O–H groups in total. The topological polar surface area (TPSA) is 65.2 Å². The Labute approximate surface area is 94.4 Å². The molecule has 0 radical (unpaired) electrons. The number of ether oxygens (including phenoxy) is 1. The maximum absolute atomic E-state index is 11.8. The van der Waals surface area contributed by atoms with Crippen molar-refractivity contribution in [2.24, 2.45) is 5.41 Å². The van der Waals surface area contributed by atoms with Crippen LogP contribution in [0.3, 0.4) is 0 Å². The van der Waals surface area contributed by atoms with E-state index < -0.39 is 5.41 Å². The summed E-state index contributed by atoms with van der Waals surface area (Å²) in [5.41, 5.74) is 0.534. The molecular weight excluding hydrogens is 208 g/mol. The fourth-order valence-corrected chi connectivity index (χ4v) is 1.28. The number of aromatic nitrogens is 2. The molecule has 0 aliphatic carbocycles. The normalized spacial score (nSPS) is 14.2. The van der Waals surface area contributed by atoms with Gasteiger partial charge in [0, 0.05) is 6.42 Å². The molecular formula is C11H16N2O3. The number of hydrogen-bond acceptors (Lipinski definition) is 5. The van der Waals surface area contributed by atoms with Crippen LogP contribution in [0.2, 0.25) is 0 Å². The van der Waals surface area contributed by atoms with Gasteiger partial charge in [0.1, 0.15) is 11.4 Å². The summed E-state index contributed by atoms with van der Waals surface area (Å²) in [6, 6.07) is 0. The molecule has 0 aliphatic rings. The van der Waals surface area contributed by atoms with Gasteiger partial charge in [0.05, 0.1) is 12.0 Å². The summed E-state index contributed by atoms with van der Waals surface area (Å²) in [7, 11) is 0. The van der Waals surface area contributed by atoms with Crippen molar-refractivity contribution in [2.75, 3.05) is 6.61 Å². The molecule has 0 saturated carbocycles. The first-order chi connectivity index (χ1) is 7.53. The van der Waals surface area contributed by atoms with Crippen molar-refractivity contribution in [1.82, 2.24) is 10.3 Å². The highest BCUT2D eigenvalue weighted by Crippen LogP contribution is 2.25. The fraction of sp³-hybridized carbons (Fsp3) is 0.545. The average Bonchev–Trinajstić information content (AvgIpc) is 2.64. The maximum atomic E-state index is 11.8. The number of nitrogens with zero attached hydrogens (tertiary/aromatic N) is 2. The number of hydrogen-bond donors (Lipinski definition) is 0. The third-order valence-corrected chi connectivity index (χ3v) is 2.47. The van der Waals surface area contributed by atoms with E-state index in [4.69, 9.17) is 4.74 Å². The molecule has 0 aromatic carbocycles. The second kappa shape index (κ2) is 4.92. The molecule has 0 saturated heterocycles. The van der Waals surface area contributed by atoms with Gasteiger partial charge >= 0.3 is 5.97 Å². The van der Waals surface area contributed by atoms with E-state index in [1.165, 1.54) is 0 Å². The average molecular weight is 224 g/mol. The molecule has 0 fully saturated rings. The SMILES string of the molecule is C=CC(C)(Cc1nonc1C)C(=O)OCC. The maximum Gasteiger partial charge on any atom is 0.316 e. The van der Waals surface area contributed by atoms with Crippen LogP contribution in [0, 0.1) is 12.3 Å². The molecule has 1 atom stereocenters. The minimum absolute atomic E-state index is 0.313. The highest BCUT2D eigenvalue weighted by Gasteiger charge is 2.33. The van der Waals surface area contributed by atoms with Crippen molar-refractivity contribution >= 4 is 5.97 Å². The van der Waals surface area contributed by atoms with Crippen molar-refractivity contribution in [2.45, 2.75) is 27.2 Å². The van der Waals surface area contributed by atoms with E-state index in [1.807, 2.05) is 0 Å². The zero-order valence-corrected chi connectivity index (χ0v) is 9.82. The van der Waals surface area contributed by atoms with Crippen LogP contribution in [-0.2, 0) is 16.0 Å². The predicted molar refractivity (Wildman–Crippen MR) is 57.7 cm³/mol. The molecule has 0 spiro atoms. The smallest absolute Gasteiger partial charge is 0.316 e. The van der Waals surface area contributed by atoms with Gasteiger partial charge in [-0.25, -0.2) is 4.63 Å². The number of carbonyl (C=O) groups is 1. The van der Waals surface area contributed by atoms with Crippen molar-refractivity contribution in [3.63, 3.8) is 0 Å². The molecule has 5 nitrogen and oxygen atoms in total. The van der Waals surface area contributed by atoms with Crippen molar-refractivity contribution in [3.05, 3.63) is 24.0 Å². The Bertz CT molecular complexity index is 386. The molecule has 0 amide bonds. The van der Waals surface area contributed by atoms with Crippen LogP contribution in [0.4, 0.5) is 0 Å². The van der Waals surface area contributed by atoms with Crippen LogP contribution < -0.4 is 0 Å². The van der Waals surface area contributed by atoms with Gasteiger partial charge in [0.25, 0.3) is 0 Å². The summed E-state index contributed by atoms with van der Waals surface area (Å²) in [5.74, 6) is -0.313. The Hall–Kier alpha value is -1.65. The van der Waals surface area contributed by atoms with Crippen molar-refractivity contribution in [1.29, 1.82) is 0 Å². The zero-order valence-electron chi connectivity index (χ0n) is 9.82. The molecule has 1 aromatic rings. The summed E-state index contributed by atoms with van der Waals surface area (Å²) in [6.07, 6.45) is 1.95. The Balaban J connectivity index is 2.86. The van der Waals surface area contributed by atoms with Crippen LogP contribution >= 0.6 is 0 Å². The third kappa shape index (κ3) is 2.48. The Kier molecular flexibility index (Phi) is 3.82. The lowest BCUT2D eigenvalue weighted by Gasteiger charge is -2.21. The molecule has 1 unspecified atom stereocenters. The van der Waals surface area contributed by atoms with Gasteiger partial charge in [-0.05, 0) is 20.8 Å². The van der Waals surface area contributed by atoms with Gasteiger partial charge < -0.3 is 4.74 Å². The lowest BCUT2D eigenvalue weighted by atomic mass is 9.85. The lowest BCUT2D eigenvalue weighted by Crippen LogP contribution is -2.30. The van der Waals surface area contributed by atoms with E-state index >= 15 is 0 Å². The molecule has 0 bridgehead atoms. The van der Waals surface area contributed by atoms with E-state index in [2.05, 4.69) is 21.5 Å². The quantitative estimate of drug-likeness (QED) is 0.562. The summed E-state index contributed by atoms with van der Waals surface area (Å²) in [4.78, 5) is 11.8. The highest BCUT2D eigenvalue weighted by molar-refractivity contribution is 5.78. The largest absolute Gasteiger partial charge is 0.465 e. The molecule has 88 valence electrons. The molecule has 1 aromatic heterocycles. The molecule has 5 heteroatoms. The fourth-order valence-electron chi connectivity index (χ4n) is 1.28. The van der Waals surface area contributed by atoms with Gasteiger partial charge in [0.2, 0.25) is 0 Å². The molecule has 1 rings (SSSR count). The first-order valence-electron chi connectivity index (χ1n) is 5.12. The predicted octanol–water partition coefficient (Wildman–Crippen LogP) is 1.68. The van der Waals surface area contributed by atoms with Gasteiger partial charge in [-0.15, -0.1) is 6.58 Å². The first kappa shape index (κ1) is 12.4. The van der Waals surface area contributed by atoms with E-state index in [0.717, 1.165) is 0 Å². The van der Waals surface area contributed by atoms with Gasteiger partial charge in [-0.1, -0.05) is 16.4 Å². The number of esters is 1. The Morgan fingerprint density at radius 3 is 2.75 bits per heavy atom. The van der Waals surface area contributed by atoms with Gasteiger partial charge in [-0.3, -0.25) is 4.79 Å². The minimum atomic E-state index is -0.792. The Morgan fingerprint density at radius 2 is 2.31 bits per heavy atom. The number of rotatable bonds is 5. The van der Waals surface area contributed by atoms with Crippen molar-refractivity contribution < 1.29 is 14.2 Å². The summed E-state index contributed by atoms with van der Waals surface area (Å²) in [5, 5.41) is 7.42. The summed E-state index contributed by atoms with van der Waals surface area (Å²) in [6.45, 7) is 9.31. The first-order valence-corrected chi connectivity index (χ1v) is 5.12. The zero-order chi connectivity index (χ0) is 12.2. The van der Waals surface area contributed by atoms with Crippen LogP contribution in [0.25, 0.3) is 0 Å². The van der Waals surface area contributed by atoms with Crippen LogP contribution in [0.5, 0.6) is 0 Å². The number of carbonyl (C=O) groups excluding carboxylic acids is 1. The van der Waals surface area contributed by atoms with Gasteiger partial charge in [-0.2, -0.15) is 0 Å². The third-order valence-electron chi connectivity index (χ3n) is 2.47. The molecule has 1 heterocycles. The van der Waals surface area contributed by atoms with Crippen LogP contribution in [-0.4, -0.2) is 22.9 Å². The lowest BCUT2D eigenvalue weighted by molar-refractivity contribution is -0.151. The summed E-state index contributed by atoms with van der Waals surface area (Å²) >= 11 is 0. The minimum Gasteiger partial charge on any atom is -0.465 e. The van der Waals surface area contributed by atoms with Crippen molar-refractivity contribution in [3.8, 4) is 0 Å². The van der Waals surface area contributed by atoms with Gasteiger partial charge in [0.15, 0.2) is 0 Å². The van der Waals surface area contributed by atoms with E-state index in [0.29, 0.717) is 24.4 Å². The second-order valence-electron chi connectivity index (χ2n) is 3.82. The molecule has 16 heavy (non-hydrogen) atoms. The van der Waals surface area contributed by atoms with Crippen LogP contribution in [0.1, 0.15) is 25.2 Å². The summed E-state index contributed by atoms with van der Waals surface area (Å²) < 4.78 is 9.59. The van der Waals surface area contributed by atoms with E-state index in [9.17, 15) is 4.79 Å². The van der Waals surface area contributed by atoms with E-state index in [-0.39, 0.29) is 5.97 Å². The standard InChI is InChI=1S/C11H16N2O3/c1-5-11(4,10(14)15-6-2)7-9-8(3)12-16-13-9/h5H,1,6-7H2,2-4H3. The monoisotopic (exact) mass is 224 g/mol. The Morgan fingerprint density at radius 1 is 1.62 bits per heavy atom. The highest BCUT2D eigenvalue weighted by atomic mass is 16.6. The number of aryl methyl sites for hydroxylation is 1. The second-order valence-corrected chi connectivity index (χ2v) is 3.82. The van der Waals surface area contributed by atoms with Crippen LogP contribution in [0.15, 0.2) is 17.3 Å². The molecule has 0 aliphatic heterocycles. The van der Waals surface area contributed by atoms with E-state index in [1.54, 1.807) is 26.8 Å².